The van der Waals surface area contributed by atoms with E-state index in [0.29, 0.717) is 18.9 Å². The van der Waals surface area contributed by atoms with Gasteiger partial charge in [-0.25, -0.2) is 0 Å². The van der Waals surface area contributed by atoms with E-state index in [2.05, 4.69) is 38.8 Å². The van der Waals surface area contributed by atoms with E-state index in [-0.39, 0.29) is 11.8 Å². The molecule has 1 saturated heterocycles. The molecule has 0 bridgehead atoms. The molecule has 1 aromatic rings. The zero-order chi connectivity index (χ0) is 18.4. The van der Waals surface area contributed by atoms with Gasteiger partial charge >= 0.3 is 0 Å². The predicted molar refractivity (Wildman–Crippen MR) is 107 cm³/mol. The van der Waals surface area contributed by atoms with E-state index in [9.17, 15) is 4.79 Å². The van der Waals surface area contributed by atoms with Crippen molar-refractivity contribution in [1.82, 2.24) is 15.5 Å². The standard InChI is InChI=1S/C20H31N5O/c1-15(14-25-9-5-6-10-25)12-22-20(21-2)23-13-16-11-19(26)24-18-8-4-3-7-17(16)18/h3-4,7-8,15-16H,5-6,9-14H2,1-2H3,(H,24,26)(H2,21,22,23). The zero-order valence-corrected chi connectivity index (χ0v) is 15.9. The van der Waals surface area contributed by atoms with Crippen LogP contribution in [0.2, 0.25) is 0 Å². The summed E-state index contributed by atoms with van der Waals surface area (Å²) < 4.78 is 0. The number of benzene rings is 1. The number of carbonyl (C=O) groups is 1. The Balaban J connectivity index is 1.47. The second-order valence-corrected chi connectivity index (χ2v) is 7.48. The molecule has 2 unspecified atom stereocenters. The molecule has 1 aromatic carbocycles. The molecule has 6 nitrogen and oxygen atoms in total. The molecule has 142 valence electrons. The summed E-state index contributed by atoms with van der Waals surface area (Å²) in [7, 11) is 1.79. The number of amides is 1. The van der Waals surface area contributed by atoms with Gasteiger partial charge in [0.15, 0.2) is 5.96 Å². The molecule has 0 aliphatic carbocycles. The molecule has 6 heteroatoms. The Morgan fingerprint density at radius 1 is 1.31 bits per heavy atom. The number of aliphatic imine (C=N–C) groups is 1. The third-order valence-corrected chi connectivity index (χ3v) is 5.23. The molecule has 3 rings (SSSR count). The van der Waals surface area contributed by atoms with Crippen LogP contribution < -0.4 is 16.0 Å². The van der Waals surface area contributed by atoms with Gasteiger partial charge in [0.05, 0.1) is 0 Å². The summed E-state index contributed by atoms with van der Waals surface area (Å²) in [6, 6.07) is 8.04. The highest BCUT2D eigenvalue weighted by Crippen LogP contribution is 2.31. The highest BCUT2D eigenvalue weighted by Gasteiger charge is 2.24. The van der Waals surface area contributed by atoms with Crippen LogP contribution in [0.1, 0.15) is 37.7 Å². The lowest BCUT2D eigenvalue weighted by Crippen LogP contribution is -2.43. The minimum Gasteiger partial charge on any atom is -0.356 e. The van der Waals surface area contributed by atoms with Crippen molar-refractivity contribution in [3.8, 4) is 0 Å². The molecular weight excluding hydrogens is 326 g/mol. The van der Waals surface area contributed by atoms with E-state index < -0.39 is 0 Å². The van der Waals surface area contributed by atoms with Crippen LogP contribution in [0, 0.1) is 5.92 Å². The number of fused-ring (bicyclic) bond motifs is 1. The SMILES string of the molecule is CN=C(NCC(C)CN1CCCC1)NCC1CC(=O)Nc2ccccc21. The van der Waals surface area contributed by atoms with Gasteiger partial charge in [-0.15, -0.1) is 0 Å². The molecule has 0 spiro atoms. The predicted octanol–water partition coefficient (Wildman–Crippen LogP) is 2.01. The summed E-state index contributed by atoms with van der Waals surface area (Å²) >= 11 is 0. The van der Waals surface area contributed by atoms with Gasteiger partial charge in [-0.1, -0.05) is 25.1 Å². The first-order chi connectivity index (χ1) is 12.7. The van der Waals surface area contributed by atoms with Crippen molar-refractivity contribution in [2.75, 3.05) is 45.1 Å². The molecule has 0 saturated carbocycles. The van der Waals surface area contributed by atoms with Gasteiger partial charge in [0.1, 0.15) is 0 Å². The van der Waals surface area contributed by atoms with Crippen LogP contribution in [-0.2, 0) is 4.79 Å². The highest BCUT2D eigenvalue weighted by molar-refractivity contribution is 5.94. The average molecular weight is 358 g/mol. The fraction of sp³-hybridized carbons (Fsp3) is 0.600. The summed E-state index contributed by atoms with van der Waals surface area (Å²) in [4.78, 5) is 18.8. The molecule has 2 heterocycles. The van der Waals surface area contributed by atoms with Gasteiger partial charge in [-0.05, 0) is 43.5 Å². The number of para-hydroxylation sites is 1. The van der Waals surface area contributed by atoms with Crippen molar-refractivity contribution >= 4 is 17.6 Å². The van der Waals surface area contributed by atoms with Crippen LogP contribution in [0.3, 0.4) is 0 Å². The number of guanidine groups is 1. The number of anilines is 1. The topological polar surface area (TPSA) is 68.8 Å². The van der Waals surface area contributed by atoms with Gasteiger partial charge in [0.2, 0.25) is 5.91 Å². The largest absolute Gasteiger partial charge is 0.356 e. The lowest BCUT2D eigenvalue weighted by molar-refractivity contribution is -0.116. The van der Waals surface area contributed by atoms with E-state index in [0.717, 1.165) is 24.7 Å². The van der Waals surface area contributed by atoms with E-state index in [1.54, 1.807) is 7.05 Å². The number of nitrogens with one attached hydrogen (secondary N) is 3. The van der Waals surface area contributed by atoms with Gasteiger partial charge in [-0.2, -0.15) is 0 Å². The van der Waals surface area contributed by atoms with Crippen molar-refractivity contribution in [2.24, 2.45) is 10.9 Å². The first-order valence-electron chi connectivity index (χ1n) is 9.71. The van der Waals surface area contributed by atoms with Gasteiger partial charge < -0.3 is 20.9 Å². The smallest absolute Gasteiger partial charge is 0.225 e. The van der Waals surface area contributed by atoms with Gasteiger partial charge in [-0.3, -0.25) is 9.79 Å². The van der Waals surface area contributed by atoms with Crippen LogP contribution in [0.15, 0.2) is 29.3 Å². The van der Waals surface area contributed by atoms with Crippen molar-refractivity contribution in [3.63, 3.8) is 0 Å². The quantitative estimate of drug-likeness (QED) is 0.538. The molecule has 0 radical (unpaired) electrons. The van der Waals surface area contributed by atoms with E-state index in [1.165, 1.54) is 31.5 Å². The fourth-order valence-corrected chi connectivity index (χ4v) is 3.87. The normalized spacial score (nSPS) is 21.8. The third kappa shape index (κ3) is 4.97. The third-order valence-electron chi connectivity index (χ3n) is 5.23. The molecule has 26 heavy (non-hydrogen) atoms. The number of carbonyl (C=O) groups excluding carboxylic acids is 1. The van der Waals surface area contributed by atoms with E-state index in [4.69, 9.17) is 0 Å². The second kappa shape index (κ2) is 9.03. The molecule has 0 aromatic heterocycles. The van der Waals surface area contributed by atoms with Crippen LogP contribution in [-0.4, -0.2) is 56.5 Å². The Morgan fingerprint density at radius 2 is 2.08 bits per heavy atom. The lowest BCUT2D eigenvalue weighted by atomic mass is 9.90. The Morgan fingerprint density at radius 3 is 2.85 bits per heavy atom. The van der Waals surface area contributed by atoms with Crippen molar-refractivity contribution in [3.05, 3.63) is 29.8 Å². The number of rotatable bonds is 6. The summed E-state index contributed by atoms with van der Waals surface area (Å²) in [5.74, 6) is 1.63. The lowest BCUT2D eigenvalue weighted by Gasteiger charge is -2.27. The van der Waals surface area contributed by atoms with E-state index >= 15 is 0 Å². The molecule has 2 aliphatic heterocycles. The van der Waals surface area contributed by atoms with Crippen LogP contribution in [0.25, 0.3) is 0 Å². The maximum atomic E-state index is 11.9. The van der Waals surface area contributed by atoms with Crippen LogP contribution >= 0.6 is 0 Å². The van der Waals surface area contributed by atoms with Crippen LogP contribution in [0.5, 0.6) is 0 Å². The Bertz CT molecular complexity index is 639. The zero-order valence-electron chi connectivity index (χ0n) is 15.9. The average Bonchev–Trinajstić information content (AvgIpc) is 3.14. The number of hydrogen-bond donors (Lipinski definition) is 3. The maximum Gasteiger partial charge on any atom is 0.225 e. The highest BCUT2D eigenvalue weighted by atomic mass is 16.1. The van der Waals surface area contributed by atoms with Crippen LogP contribution in [0.4, 0.5) is 5.69 Å². The molecular formula is C20H31N5O. The Labute approximate surface area is 156 Å². The Kier molecular flexibility index (Phi) is 6.50. The summed E-state index contributed by atoms with van der Waals surface area (Å²) in [6.07, 6.45) is 3.17. The number of hydrogen-bond acceptors (Lipinski definition) is 3. The molecule has 1 amide bonds. The van der Waals surface area contributed by atoms with Crippen molar-refractivity contribution < 1.29 is 4.79 Å². The monoisotopic (exact) mass is 357 g/mol. The first-order valence-corrected chi connectivity index (χ1v) is 9.71. The summed E-state index contributed by atoms with van der Waals surface area (Å²) in [6.45, 7) is 7.49. The first kappa shape index (κ1) is 18.7. The number of likely N-dealkylation sites (tertiary alicyclic amines) is 1. The second-order valence-electron chi connectivity index (χ2n) is 7.48. The van der Waals surface area contributed by atoms with Crippen molar-refractivity contribution in [2.45, 2.75) is 32.1 Å². The summed E-state index contributed by atoms with van der Waals surface area (Å²) in [5.41, 5.74) is 2.12. The molecule has 3 N–H and O–H groups in total. The fourth-order valence-electron chi connectivity index (χ4n) is 3.87. The minimum absolute atomic E-state index is 0.0812. The van der Waals surface area contributed by atoms with Gasteiger partial charge in [0, 0.05) is 44.7 Å². The van der Waals surface area contributed by atoms with Crippen molar-refractivity contribution in [1.29, 1.82) is 0 Å². The maximum absolute atomic E-state index is 11.9. The molecule has 2 aliphatic rings. The molecule has 2 atom stereocenters. The number of nitrogens with zero attached hydrogens (tertiary/aromatic N) is 2. The molecule has 1 fully saturated rings. The van der Waals surface area contributed by atoms with E-state index in [1.807, 2.05) is 18.2 Å². The Hall–Kier alpha value is -2.08. The minimum atomic E-state index is 0.0812. The summed E-state index contributed by atoms with van der Waals surface area (Å²) in [5, 5.41) is 9.77. The van der Waals surface area contributed by atoms with Gasteiger partial charge in [0.25, 0.3) is 0 Å².